The second-order valence-electron chi connectivity index (χ2n) is 5.24. The number of halogens is 1. The highest BCUT2D eigenvalue weighted by molar-refractivity contribution is 7.89. The number of nitrogens with two attached hydrogens (primary N) is 1. The lowest BCUT2D eigenvalue weighted by molar-refractivity contribution is 0.357. The Labute approximate surface area is 119 Å². The van der Waals surface area contributed by atoms with Gasteiger partial charge in [0.15, 0.2) is 0 Å². The molecule has 0 radical (unpaired) electrons. The second-order valence-corrected chi connectivity index (χ2v) is 7.62. The SMILES string of the molecule is Cc1cc(S(=O)(=O)N(C)C(C)C2CC2)cc(N)c1Cl. The lowest BCUT2D eigenvalue weighted by Gasteiger charge is -2.24. The van der Waals surface area contributed by atoms with Gasteiger partial charge in [-0.05, 0) is 50.3 Å². The van der Waals surface area contributed by atoms with Gasteiger partial charge in [-0.1, -0.05) is 11.6 Å². The number of aryl methyl sites for hydroxylation is 1. The highest BCUT2D eigenvalue weighted by Crippen LogP contribution is 2.37. The summed E-state index contributed by atoms with van der Waals surface area (Å²) < 4.78 is 26.5. The Morgan fingerprint density at radius 2 is 2.00 bits per heavy atom. The Bertz CT molecular complexity index is 574. The topological polar surface area (TPSA) is 63.4 Å². The maximum absolute atomic E-state index is 12.5. The second kappa shape index (κ2) is 4.96. The van der Waals surface area contributed by atoms with Crippen molar-refractivity contribution in [1.82, 2.24) is 4.31 Å². The molecule has 4 nitrogen and oxygen atoms in total. The Morgan fingerprint density at radius 3 is 2.47 bits per heavy atom. The van der Waals surface area contributed by atoms with E-state index in [1.165, 1.54) is 10.4 Å². The van der Waals surface area contributed by atoms with Crippen molar-refractivity contribution in [2.75, 3.05) is 12.8 Å². The molecular formula is C13H19ClN2O2S. The van der Waals surface area contributed by atoms with Gasteiger partial charge in [0.2, 0.25) is 10.0 Å². The minimum absolute atomic E-state index is 0.0159. The largest absolute Gasteiger partial charge is 0.397 e. The minimum atomic E-state index is -3.51. The number of nitrogen functional groups attached to an aromatic ring is 1. The summed E-state index contributed by atoms with van der Waals surface area (Å²) in [6.45, 7) is 3.70. The standard InChI is InChI=1S/C13H19ClN2O2S/c1-8-6-11(7-12(15)13(8)14)19(17,18)16(3)9(2)10-4-5-10/h6-7,9-10H,4-5,15H2,1-3H3. The van der Waals surface area contributed by atoms with E-state index in [0.717, 1.165) is 12.8 Å². The molecule has 19 heavy (non-hydrogen) atoms. The Balaban J connectivity index is 2.38. The van der Waals surface area contributed by atoms with E-state index in [2.05, 4.69) is 0 Å². The van der Waals surface area contributed by atoms with Crippen molar-refractivity contribution >= 4 is 27.3 Å². The molecule has 0 saturated heterocycles. The van der Waals surface area contributed by atoms with Crippen LogP contribution in [-0.4, -0.2) is 25.8 Å². The van der Waals surface area contributed by atoms with Crippen molar-refractivity contribution in [3.63, 3.8) is 0 Å². The third kappa shape index (κ3) is 2.73. The van der Waals surface area contributed by atoms with Crippen LogP contribution < -0.4 is 5.73 Å². The molecule has 1 aromatic carbocycles. The van der Waals surface area contributed by atoms with Crippen LogP contribution in [0.25, 0.3) is 0 Å². The van der Waals surface area contributed by atoms with Gasteiger partial charge < -0.3 is 5.73 Å². The third-order valence-electron chi connectivity index (χ3n) is 3.81. The van der Waals surface area contributed by atoms with Crippen LogP contribution >= 0.6 is 11.6 Å². The molecule has 1 atom stereocenters. The van der Waals surface area contributed by atoms with Crippen molar-refractivity contribution in [3.05, 3.63) is 22.7 Å². The van der Waals surface area contributed by atoms with Gasteiger partial charge in [0.1, 0.15) is 0 Å². The first-order chi connectivity index (χ1) is 8.75. The fourth-order valence-corrected chi connectivity index (χ4v) is 3.83. The molecule has 2 rings (SSSR count). The zero-order valence-electron chi connectivity index (χ0n) is 11.4. The minimum Gasteiger partial charge on any atom is -0.397 e. The quantitative estimate of drug-likeness (QED) is 0.870. The molecule has 6 heteroatoms. The van der Waals surface area contributed by atoms with Crippen LogP contribution in [0.2, 0.25) is 5.02 Å². The van der Waals surface area contributed by atoms with Crippen molar-refractivity contribution in [1.29, 1.82) is 0 Å². The van der Waals surface area contributed by atoms with Gasteiger partial charge in [-0.2, -0.15) is 4.31 Å². The monoisotopic (exact) mass is 302 g/mol. The first kappa shape index (κ1) is 14.6. The van der Waals surface area contributed by atoms with Crippen molar-refractivity contribution in [3.8, 4) is 0 Å². The van der Waals surface area contributed by atoms with Gasteiger partial charge in [0.25, 0.3) is 0 Å². The van der Waals surface area contributed by atoms with Crippen LogP contribution in [0.4, 0.5) is 5.69 Å². The Morgan fingerprint density at radius 1 is 1.42 bits per heavy atom. The van der Waals surface area contributed by atoms with Gasteiger partial charge in [0.05, 0.1) is 15.6 Å². The molecule has 0 aliphatic heterocycles. The number of rotatable bonds is 4. The summed E-state index contributed by atoms with van der Waals surface area (Å²) in [6, 6.07) is 3.02. The first-order valence-electron chi connectivity index (χ1n) is 6.28. The molecule has 1 unspecified atom stereocenters. The lowest BCUT2D eigenvalue weighted by Crippen LogP contribution is -2.36. The molecule has 0 amide bonds. The molecule has 0 heterocycles. The summed E-state index contributed by atoms with van der Waals surface area (Å²) in [5.74, 6) is 0.477. The fourth-order valence-electron chi connectivity index (χ4n) is 2.17. The predicted molar refractivity (Wildman–Crippen MR) is 77.7 cm³/mol. The Kier molecular flexibility index (Phi) is 3.82. The summed E-state index contributed by atoms with van der Waals surface area (Å²) in [5.41, 5.74) is 6.72. The van der Waals surface area contributed by atoms with E-state index in [4.69, 9.17) is 17.3 Å². The molecule has 0 spiro atoms. The predicted octanol–water partition coefficient (Wildman–Crippen LogP) is 2.65. The summed E-state index contributed by atoms with van der Waals surface area (Å²) in [7, 11) is -1.89. The maximum atomic E-state index is 12.5. The number of anilines is 1. The molecule has 0 bridgehead atoms. The summed E-state index contributed by atoms with van der Waals surface area (Å²) in [4.78, 5) is 0.210. The number of hydrogen-bond donors (Lipinski definition) is 1. The summed E-state index contributed by atoms with van der Waals surface area (Å²) in [5, 5.41) is 0.414. The van der Waals surface area contributed by atoms with Gasteiger partial charge in [0, 0.05) is 13.1 Å². The molecule has 1 aliphatic carbocycles. The molecule has 0 aromatic heterocycles. The van der Waals surface area contributed by atoms with Gasteiger partial charge in [-0.15, -0.1) is 0 Å². The lowest BCUT2D eigenvalue weighted by atomic mass is 10.2. The van der Waals surface area contributed by atoms with Gasteiger partial charge in [-0.3, -0.25) is 0 Å². The van der Waals surface area contributed by atoms with E-state index in [1.54, 1.807) is 20.0 Å². The van der Waals surface area contributed by atoms with Crippen LogP contribution in [-0.2, 0) is 10.0 Å². The zero-order valence-corrected chi connectivity index (χ0v) is 12.9. The molecule has 1 aliphatic rings. The smallest absolute Gasteiger partial charge is 0.243 e. The molecule has 1 saturated carbocycles. The third-order valence-corrected chi connectivity index (χ3v) is 6.25. The van der Waals surface area contributed by atoms with Crippen LogP contribution in [0.5, 0.6) is 0 Å². The molecule has 2 N–H and O–H groups in total. The average Bonchev–Trinajstić information content (AvgIpc) is 3.17. The van der Waals surface area contributed by atoms with Crippen LogP contribution in [0.15, 0.2) is 17.0 Å². The summed E-state index contributed by atoms with van der Waals surface area (Å²) >= 11 is 5.97. The van der Waals surface area contributed by atoms with Crippen molar-refractivity contribution < 1.29 is 8.42 Å². The molecule has 1 fully saturated rings. The Hall–Kier alpha value is -0.780. The van der Waals surface area contributed by atoms with Crippen molar-refractivity contribution in [2.45, 2.75) is 37.6 Å². The summed E-state index contributed by atoms with van der Waals surface area (Å²) in [6.07, 6.45) is 2.20. The first-order valence-corrected chi connectivity index (χ1v) is 8.10. The molecule has 1 aromatic rings. The number of hydrogen-bond acceptors (Lipinski definition) is 3. The highest BCUT2D eigenvalue weighted by atomic mass is 35.5. The van der Waals surface area contributed by atoms with E-state index in [1.807, 2.05) is 6.92 Å². The van der Waals surface area contributed by atoms with E-state index in [-0.39, 0.29) is 10.9 Å². The number of sulfonamides is 1. The number of benzene rings is 1. The maximum Gasteiger partial charge on any atom is 0.243 e. The van der Waals surface area contributed by atoms with E-state index < -0.39 is 10.0 Å². The van der Waals surface area contributed by atoms with Crippen LogP contribution in [0.1, 0.15) is 25.3 Å². The average molecular weight is 303 g/mol. The highest BCUT2D eigenvalue weighted by Gasteiger charge is 2.36. The molecular weight excluding hydrogens is 284 g/mol. The van der Waals surface area contributed by atoms with E-state index >= 15 is 0 Å². The van der Waals surface area contributed by atoms with Crippen LogP contribution in [0, 0.1) is 12.8 Å². The zero-order chi connectivity index (χ0) is 14.4. The molecule has 106 valence electrons. The van der Waals surface area contributed by atoms with Gasteiger partial charge in [-0.25, -0.2) is 8.42 Å². The van der Waals surface area contributed by atoms with E-state index in [0.29, 0.717) is 22.2 Å². The normalized spacial score (nSPS) is 17.7. The van der Waals surface area contributed by atoms with Crippen LogP contribution in [0.3, 0.4) is 0 Å². The fraction of sp³-hybridized carbons (Fsp3) is 0.538. The van der Waals surface area contributed by atoms with Crippen molar-refractivity contribution in [2.24, 2.45) is 5.92 Å². The number of nitrogens with zero attached hydrogens (tertiary/aromatic N) is 1. The van der Waals surface area contributed by atoms with Gasteiger partial charge >= 0.3 is 0 Å². The van der Waals surface area contributed by atoms with E-state index in [9.17, 15) is 8.42 Å².